The summed E-state index contributed by atoms with van der Waals surface area (Å²) < 4.78 is 27.6. The van der Waals surface area contributed by atoms with Gasteiger partial charge in [-0.25, -0.2) is 9.97 Å². The van der Waals surface area contributed by atoms with E-state index in [1.165, 1.54) is 12.8 Å². The number of H-pyrrole nitrogens is 1. The number of aryl methyl sites for hydroxylation is 1. The van der Waals surface area contributed by atoms with Crippen molar-refractivity contribution in [3.05, 3.63) is 35.7 Å². The van der Waals surface area contributed by atoms with Crippen LogP contribution < -0.4 is 10.6 Å². The van der Waals surface area contributed by atoms with Gasteiger partial charge >= 0.3 is 0 Å². The highest BCUT2D eigenvalue weighted by Gasteiger charge is 2.45. The molecular formula is C23H28ClN7O3S. The molecule has 1 aromatic carbocycles. The number of aromatic nitrogens is 5. The van der Waals surface area contributed by atoms with Crippen molar-refractivity contribution in [1.82, 2.24) is 24.7 Å². The van der Waals surface area contributed by atoms with Crippen molar-refractivity contribution in [3.8, 4) is 11.1 Å². The fourth-order valence-corrected chi connectivity index (χ4v) is 5.81. The molecule has 35 heavy (non-hydrogen) atoms. The van der Waals surface area contributed by atoms with Crippen molar-refractivity contribution in [2.45, 2.75) is 50.2 Å². The molecule has 2 aliphatic rings. The van der Waals surface area contributed by atoms with E-state index in [1.807, 2.05) is 37.8 Å². The minimum absolute atomic E-state index is 0.0822. The van der Waals surface area contributed by atoms with Gasteiger partial charge in [0.2, 0.25) is 0 Å². The Morgan fingerprint density at radius 1 is 1.23 bits per heavy atom. The third kappa shape index (κ3) is 4.73. The number of aromatic amines is 1. The quantitative estimate of drug-likeness (QED) is 0.343. The predicted octanol–water partition coefficient (Wildman–Crippen LogP) is 3.52. The fourth-order valence-electron chi connectivity index (χ4n) is 5.50. The lowest BCUT2D eigenvalue weighted by Crippen LogP contribution is -2.54. The van der Waals surface area contributed by atoms with Crippen molar-refractivity contribution < 1.29 is 13.0 Å². The molecule has 3 aromatic heterocycles. The lowest BCUT2D eigenvalue weighted by molar-refractivity contribution is 0.305. The second kappa shape index (κ2) is 8.44. The van der Waals surface area contributed by atoms with Crippen LogP contribution >= 0.6 is 11.6 Å². The number of nitrogens with one attached hydrogen (secondary N) is 1. The lowest BCUT2D eigenvalue weighted by atomic mass is 9.85. The van der Waals surface area contributed by atoms with E-state index < -0.39 is 10.1 Å². The second-order valence-corrected chi connectivity index (χ2v) is 11.7. The van der Waals surface area contributed by atoms with Gasteiger partial charge in [-0.05, 0) is 38.7 Å². The molecule has 5 heterocycles. The molecule has 2 unspecified atom stereocenters. The number of nitrogens with zero attached hydrogens (tertiary/aromatic N) is 5. The summed E-state index contributed by atoms with van der Waals surface area (Å²) in [6.45, 7) is 2.17. The Bertz CT molecular complexity index is 1500. The van der Waals surface area contributed by atoms with Gasteiger partial charge in [0.05, 0.1) is 23.0 Å². The first-order valence-electron chi connectivity index (χ1n) is 11.4. The van der Waals surface area contributed by atoms with E-state index in [4.69, 9.17) is 31.9 Å². The summed E-state index contributed by atoms with van der Waals surface area (Å²) in [5.74, 6) is 0.938. The van der Waals surface area contributed by atoms with Gasteiger partial charge in [-0.2, -0.15) is 13.5 Å². The molecule has 2 fully saturated rings. The standard InChI is InChI=1S/C22H24ClN7.CH4O3S/c1-22(24)7-12-3-4-13(8-22)30(12)18-10-25-20-15(9-26-21(20)27-18)14-5-6-17-16(19(14)23)11-29(2)28-17;1-5(2,3)4/h5-6,9-13H,3-4,7-8,24H2,1-2H3,(H,26,27);1H3,(H,2,3,4). The topological polar surface area (TPSA) is 143 Å². The Morgan fingerprint density at radius 3 is 2.54 bits per heavy atom. The summed E-state index contributed by atoms with van der Waals surface area (Å²) >= 11 is 6.74. The number of nitrogens with two attached hydrogens (primary N) is 1. The molecule has 2 bridgehead atoms. The van der Waals surface area contributed by atoms with Gasteiger partial charge in [0.1, 0.15) is 11.3 Å². The van der Waals surface area contributed by atoms with Crippen LogP contribution in [0.1, 0.15) is 32.6 Å². The van der Waals surface area contributed by atoms with Crippen LogP contribution in [0, 0.1) is 0 Å². The van der Waals surface area contributed by atoms with Crippen LogP contribution in [-0.2, 0) is 17.2 Å². The van der Waals surface area contributed by atoms with Gasteiger partial charge in [-0.1, -0.05) is 17.7 Å². The summed E-state index contributed by atoms with van der Waals surface area (Å²) in [6, 6.07) is 4.89. The molecule has 4 N–H and O–H groups in total. The van der Waals surface area contributed by atoms with Crippen LogP contribution in [0.2, 0.25) is 5.02 Å². The molecule has 4 aromatic rings. The van der Waals surface area contributed by atoms with Gasteiger partial charge in [-0.15, -0.1) is 0 Å². The van der Waals surface area contributed by atoms with E-state index >= 15 is 0 Å². The average molecular weight is 518 g/mol. The highest BCUT2D eigenvalue weighted by molar-refractivity contribution is 7.85. The molecule has 2 saturated heterocycles. The molecule has 186 valence electrons. The largest absolute Gasteiger partial charge is 0.349 e. The Labute approximate surface area is 208 Å². The molecule has 6 rings (SSSR count). The first-order valence-corrected chi connectivity index (χ1v) is 13.6. The van der Waals surface area contributed by atoms with Gasteiger partial charge in [0, 0.05) is 53.6 Å². The summed E-state index contributed by atoms with van der Waals surface area (Å²) in [5, 5.41) is 6.05. The van der Waals surface area contributed by atoms with E-state index in [0.29, 0.717) is 23.4 Å². The molecule has 0 amide bonds. The lowest BCUT2D eigenvalue weighted by Gasteiger charge is -2.43. The third-order valence-electron chi connectivity index (χ3n) is 6.68. The average Bonchev–Trinajstić information content (AvgIpc) is 3.40. The molecule has 0 saturated carbocycles. The van der Waals surface area contributed by atoms with Gasteiger partial charge in [-0.3, -0.25) is 9.23 Å². The van der Waals surface area contributed by atoms with Crippen molar-refractivity contribution >= 4 is 49.6 Å². The van der Waals surface area contributed by atoms with E-state index in [0.717, 1.165) is 51.9 Å². The Morgan fingerprint density at radius 2 is 1.89 bits per heavy atom. The third-order valence-corrected chi connectivity index (χ3v) is 7.09. The van der Waals surface area contributed by atoms with Crippen molar-refractivity contribution in [2.75, 3.05) is 11.2 Å². The molecular weight excluding hydrogens is 490 g/mol. The van der Waals surface area contributed by atoms with Crippen LogP contribution in [0.4, 0.5) is 5.82 Å². The highest BCUT2D eigenvalue weighted by Crippen LogP contribution is 2.42. The van der Waals surface area contributed by atoms with Gasteiger partial charge in [0.15, 0.2) is 5.65 Å². The number of hydrogen-bond donors (Lipinski definition) is 3. The maximum absolute atomic E-state index is 9.19. The highest BCUT2D eigenvalue weighted by atomic mass is 35.5. The molecule has 10 nitrogen and oxygen atoms in total. The van der Waals surface area contributed by atoms with Crippen LogP contribution in [0.3, 0.4) is 0 Å². The first-order chi connectivity index (χ1) is 16.4. The Kier molecular flexibility index (Phi) is 5.78. The number of piperidine rings is 1. The van der Waals surface area contributed by atoms with Crippen LogP contribution in [0.5, 0.6) is 0 Å². The molecule has 0 aliphatic carbocycles. The number of benzene rings is 1. The van der Waals surface area contributed by atoms with Crippen molar-refractivity contribution in [1.29, 1.82) is 0 Å². The molecule has 2 atom stereocenters. The van der Waals surface area contributed by atoms with Crippen molar-refractivity contribution in [2.24, 2.45) is 12.8 Å². The van der Waals surface area contributed by atoms with Gasteiger partial charge in [0.25, 0.3) is 10.1 Å². The Balaban J connectivity index is 0.000000464. The summed E-state index contributed by atoms with van der Waals surface area (Å²) in [4.78, 5) is 15.5. The number of rotatable bonds is 2. The molecule has 12 heteroatoms. The maximum Gasteiger partial charge on any atom is 0.261 e. The summed E-state index contributed by atoms with van der Waals surface area (Å²) in [5.41, 5.74) is 10.8. The van der Waals surface area contributed by atoms with E-state index in [9.17, 15) is 8.42 Å². The van der Waals surface area contributed by atoms with Crippen LogP contribution in [0.15, 0.2) is 30.7 Å². The predicted molar refractivity (Wildman–Crippen MR) is 137 cm³/mol. The zero-order chi connectivity index (χ0) is 25.1. The van der Waals surface area contributed by atoms with Crippen LogP contribution in [-0.4, -0.2) is 61.6 Å². The molecule has 2 aliphatic heterocycles. The number of anilines is 1. The van der Waals surface area contributed by atoms with E-state index in [1.54, 1.807) is 4.68 Å². The van der Waals surface area contributed by atoms with Gasteiger partial charge < -0.3 is 15.6 Å². The minimum Gasteiger partial charge on any atom is -0.349 e. The van der Waals surface area contributed by atoms with E-state index in [-0.39, 0.29) is 5.54 Å². The van der Waals surface area contributed by atoms with Crippen LogP contribution in [0.25, 0.3) is 33.2 Å². The van der Waals surface area contributed by atoms with E-state index in [2.05, 4.69) is 21.9 Å². The molecule has 0 radical (unpaired) electrons. The first kappa shape index (κ1) is 24.0. The van der Waals surface area contributed by atoms with Crippen molar-refractivity contribution in [3.63, 3.8) is 0 Å². The number of fused-ring (bicyclic) bond motifs is 4. The number of halogens is 1. The fraction of sp³-hybridized carbons (Fsp3) is 0.435. The zero-order valence-electron chi connectivity index (χ0n) is 19.7. The maximum atomic E-state index is 9.19. The second-order valence-electron chi connectivity index (χ2n) is 9.88. The summed E-state index contributed by atoms with van der Waals surface area (Å²) in [7, 11) is -1.77. The number of hydrogen-bond acceptors (Lipinski definition) is 7. The minimum atomic E-state index is -3.67. The SMILES string of the molecule is CS(=O)(=O)O.Cn1cc2c(Cl)c(-c3c[nH]c4nc(N5C6CCC5CC(C)(N)C6)cnc34)ccc2n1. The monoisotopic (exact) mass is 517 g/mol. The summed E-state index contributed by atoms with van der Waals surface area (Å²) in [6.07, 6.45) is 10.9. The smallest absolute Gasteiger partial charge is 0.261 e. The molecule has 0 spiro atoms. The normalized spacial score (nSPS) is 24.1. The zero-order valence-corrected chi connectivity index (χ0v) is 21.3. The Hall–Kier alpha value is -2.73.